The Morgan fingerprint density at radius 3 is 2.24 bits per heavy atom. The highest BCUT2D eigenvalue weighted by Crippen LogP contribution is 2.32. The number of methoxy groups -OCH3 is 1. The number of rotatable bonds is 7. The summed E-state index contributed by atoms with van der Waals surface area (Å²) in [6.45, 7) is 0. The van der Waals surface area contributed by atoms with Crippen LogP contribution in [0.2, 0.25) is 0 Å². The highest BCUT2D eigenvalue weighted by molar-refractivity contribution is 6.53. The summed E-state index contributed by atoms with van der Waals surface area (Å²) < 4.78 is 9.86. The van der Waals surface area contributed by atoms with Crippen molar-refractivity contribution in [2.45, 2.75) is 0 Å². The highest BCUT2D eigenvalue weighted by atomic mass is 35.5. The zero-order valence-electron chi connectivity index (χ0n) is 19.0. The van der Waals surface area contributed by atoms with Gasteiger partial charge in [0.05, 0.1) is 28.8 Å². The monoisotopic (exact) mass is 521 g/mol. The van der Waals surface area contributed by atoms with Crippen LogP contribution in [0.1, 0.15) is 20.7 Å². The molecule has 0 spiro atoms. The lowest BCUT2D eigenvalue weighted by Gasteiger charge is -2.17. The molecule has 12 heteroatoms. The van der Waals surface area contributed by atoms with Crippen molar-refractivity contribution in [3.05, 3.63) is 105 Å². The molecule has 1 aliphatic heterocycles. The van der Waals surface area contributed by atoms with Gasteiger partial charge < -0.3 is 14.8 Å². The molecule has 0 fully saturated rings. The van der Waals surface area contributed by atoms with Crippen LogP contribution in [0.3, 0.4) is 0 Å². The van der Waals surface area contributed by atoms with E-state index in [2.05, 4.69) is 5.32 Å². The minimum Gasteiger partial charge on any atom is -0.465 e. The minimum absolute atomic E-state index is 0.000986. The fourth-order valence-corrected chi connectivity index (χ4v) is 3.68. The molecular formula is C25H16ClN3O8. The van der Waals surface area contributed by atoms with Crippen LogP contribution in [0.5, 0.6) is 5.75 Å². The molecule has 3 aromatic carbocycles. The van der Waals surface area contributed by atoms with Gasteiger partial charge in [-0.3, -0.25) is 19.7 Å². The molecule has 0 saturated carbocycles. The number of imide groups is 1. The van der Waals surface area contributed by atoms with E-state index in [0.29, 0.717) is 5.69 Å². The normalized spacial score (nSPS) is 13.0. The van der Waals surface area contributed by atoms with E-state index in [-0.39, 0.29) is 33.9 Å². The number of para-hydroxylation sites is 3. The van der Waals surface area contributed by atoms with Gasteiger partial charge in [-0.05, 0) is 42.5 Å². The number of halogens is 1. The van der Waals surface area contributed by atoms with Crippen molar-refractivity contribution in [3.63, 3.8) is 0 Å². The van der Waals surface area contributed by atoms with Gasteiger partial charge in [0.1, 0.15) is 10.7 Å². The maximum atomic E-state index is 13.1. The van der Waals surface area contributed by atoms with Crippen molar-refractivity contribution >= 4 is 52.4 Å². The molecule has 2 amide bonds. The molecule has 186 valence electrons. The van der Waals surface area contributed by atoms with E-state index in [0.717, 1.165) is 4.90 Å². The average Bonchev–Trinajstić information content (AvgIpc) is 3.11. The predicted molar refractivity (Wildman–Crippen MR) is 131 cm³/mol. The number of carbonyl (C=O) groups excluding carboxylic acids is 4. The lowest BCUT2D eigenvalue weighted by molar-refractivity contribution is -0.385. The van der Waals surface area contributed by atoms with Crippen molar-refractivity contribution in [3.8, 4) is 5.75 Å². The molecule has 0 aromatic heterocycles. The topological polar surface area (TPSA) is 145 Å². The molecule has 0 saturated heterocycles. The first-order chi connectivity index (χ1) is 17.7. The van der Waals surface area contributed by atoms with Gasteiger partial charge in [0.15, 0.2) is 0 Å². The van der Waals surface area contributed by atoms with E-state index in [1.807, 2.05) is 0 Å². The first kappa shape index (κ1) is 25.1. The van der Waals surface area contributed by atoms with Gasteiger partial charge in [-0.2, -0.15) is 0 Å². The van der Waals surface area contributed by atoms with Gasteiger partial charge >= 0.3 is 17.6 Å². The van der Waals surface area contributed by atoms with Crippen molar-refractivity contribution in [2.24, 2.45) is 0 Å². The Bertz CT molecular complexity index is 1480. The van der Waals surface area contributed by atoms with Crippen molar-refractivity contribution in [1.82, 2.24) is 0 Å². The van der Waals surface area contributed by atoms with E-state index in [4.69, 9.17) is 21.1 Å². The maximum absolute atomic E-state index is 13.1. The van der Waals surface area contributed by atoms with Crippen LogP contribution < -0.4 is 15.0 Å². The van der Waals surface area contributed by atoms with Gasteiger partial charge in [-0.15, -0.1) is 0 Å². The Kier molecular flexibility index (Phi) is 6.98. The fourth-order valence-electron chi connectivity index (χ4n) is 3.47. The second-order valence-electron chi connectivity index (χ2n) is 7.46. The number of nitro groups is 1. The first-order valence-electron chi connectivity index (χ1n) is 10.5. The number of nitrogens with zero attached hydrogens (tertiary/aromatic N) is 2. The van der Waals surface area contributed by atoms with E-state index < -0.39 is 33.7 Å². The van der Waals surface area contributed by atoms with Crippen LogP contribution in [0.15, 0.2) is 83.5 Å². The number of carbonyl (C=O) groups is 4. The molecule has 1 aliphatic rings. The van der Waals surface area contributed by atoms with E-state index in [1.165, 1.54) is 67.8 Å². The van der Waals surface area contributed by atoms with Crippen molar-refractivity contribution < 1.29 is 33.6 Å². The summed E-state index contributed by atoms with van der Waals surface area (Å²) in [5, 5.41) is 13.5. The molecule has 4 rings (SSSR count). The number of hydrogen-bond donors (Lipinski definition) is 1. The second-order valence-corrected chi connectivity index (χ2v) is 7.84. The molecule has 37 heavy (non-hydrogen) atoms. The summed E-state index contributed by atoms with van der Waals surface area (Å²) in [5.74, 6) is -3.42. The molecule has 0 atom stereocenters. The molecule has 11 nitrogen and oxygen atoms in total. The van der Waals surface area contributed by atoms with Crippen LogP contribution in [-0.4, -0.2) is 35.8 Å². The van der Waals surface area contributed by atoms with Gasteiger partial charge in [0.25, 0.3) is 11.8 Å². The van der Waals surface area contributed by atoms with E-state index in [1.54, 1.807) is 12.1 Å². The van der Waals surface area contributed by atoms with Crippen molar-refractivity contribution in [1.29, 1.82) is 0 Å². The Balaban J connectivity index is 1.52. The quantitative estimate of drug-likeness (QED) is 0.160. The smallest absolute Gasteiger partial charge is 0.343 e. The predicted octanol–water partition coefficient (Wildman–Crippen LogP) is 4.04. The summed E-state index contributed by atoms with van der Waals surface area (Å²) in [6, 6.07) is 16.9. The number of esters is 2. The Morgan fingerprint density at radius 2 is 1.57 bits per heavy atom. The van der Waals surface area contributed by atoms with E-state index >= 15 is 0 Å². The Labute approximate surface area is 214 Å². The molecular weight excluding hydrogens is 506 g/mol. The van der Waals surface area contributed by atoms with Crippen LogP contribution in [-0.2, 0) is 14.3 Å². The maximum Gasteiger partial charge on any atom is 0.343 e. The zero-order chi connectivity index (χ0) is 26.7. The summed E-state index contributed by atoms with van der Waals surface area (Å²) in [6.07, 6.45) is 0. The number of anilines is 2. The largest absolute Gasteiger partial charge is 0.465 e. The summed E-state index contributed by atoms with van der Waals surface area (Å²) >= 11 is 6.16. The van der Waals surface area contributed by atoms with Crippen LogP contribution in [0, 0.1) is 10.1 Å². The highest BCUT2D eigenvalue weighted by Gasteiger charge is 2.40. The summed E-state index contributed by atoms with van der Waals surface area (Å²) in [5.41, 5.74) is -0.211. The first-order valence-corrected chi connectivity index (χ1v) is 10.9. The number of benzene rings is 3. The van der Waals surface area contributed by atoms with Gasteiger partial charge in [-0.25, -0.2) is 14.5 Å². The number of nitro benzene ring substituents is 1. The van der Waals surface area contributed by atoms with Gasteiger partial charge in [0, 0.05) is 11.8 Å². The molecule has 3 aromatic rings. The van der Waals surface area contributed by atoms with Crippen molar-refractivity contribution in [2.75, 3.05) is 17.3 Å². The van der Waals surface area contributed by atoms with Gasteiger partial charge in [0.2, 0.25) is 5.75 Å². The third kappa shape index (κ3) is 4.88. The number of ether oxygens (including phenoxy) is 2. The van der Waals surface area contributed by atoms with Crippen LogP contribution >= 0.6 is 11.6 Å². The molecule has 0 bridgehead atoms. The third-order valence-corrected chi connectivity index (χ3v) is 5.58. The lowest BCUT2D eigenvalue weighted by Crippen LogP contribution is -2.33. The molecule has 0 aliphatic carbocycles. The van der Waals surface area contributed by atoms with Crippen LogP contribution in [0.25, 0.3) is 0 Å². The van der Waals surface area contributed by atoms with Gasteiger partial charge in [-0.1, -0.05) is 35.9 Å². The number of amides is 2. The Hall–Kier alpha value is -5.03. The minimum atomic E-state index is -0.838. The second kappa shape index (κ2) is 10.3. The molecule has 0 unspecified atom stereocenters. The molecule has 1 N–H and O–H groups in total. The molecule has 0 radical (unpaired) electrons. The van der Waals surface area contributed by atoms with E-state index in [9.17, 15) is 29.3 Å². The average molecular weight is 522 g/mol. The SMILES string of the molecule is COC(=O)c1ccccc1N1C(=O)C(Cl)=C(Nc2ccc(C(=O)Oc3ccccc3[N+](=O)[O-])cc2)C1=O. The number of nitrogens with one attached hydrogen (secondary N) is 1. The van der Waals surface area contributed by atoms with Crippen LogP contribution in [0.4, 0.5) is 17.1 Å². The zero-order valence-corrected chi connectivity index (χ0v) is 19.7. The summed E-state index contributed by atoms with van der Waals surface area (Å²) in [4.78, 5) is 61.6. The standard InChI is InChI=1S/C25H16ClN3O8/c1-36-25(33)16-6-2-3-7-17(16)28-22(30)20(26)21(23(28)31)27-15-12-10-14(11-13-15)24(32)37-19-9-5-4-8-18(19)29(34)35/h2-13,27H,1H3. The third-order valence-electron chi connectivity index (χ3n) is 5.23. The molecule has 1 heterocycles. The fraction of sp³-hybridized carbons (Fsp3) is 0.0400. The summed E-state index contributed by atoms with van der Waals surface area (Å²) in [7, 11) is 1.17. The number of hydrogen-bond acceptors (Lipinski definition) is 9. The Morgan fingerprint density at radius 1 is 0.919 bits per heavy atom. The lowest BCUT2D eigenvalue weighted by atomic mass is 10.1.